The largest absolute Gasteiger partial charge is 0.444 e. The van der Waals surface area contributed by atoms with Gasteiger partial charge in [-0.2, -0.15) is 0 Å². The molecule has 0 aromatic heterocycles. The third-order valence-electron chi connectivity index (χ3n) is 3.52. The van der Waals surface area contributed by atoms with E-state index >= 15 is 0 Å². The average Bonchev–Trinajstić information content (AvgIpc) is 2.25. The second-order valence-corrected chi connectivity index (χ2v) is 6.50. The van der Waals surface area contributed by atoms with Crippen molar-refractivity contribution < 1.29 is 14.6 Å². The molecule has 0 spiro atoms. The summed E-state index contributed by atoms with van der Waals surface area (Å²) in [4.78, 5) is 13.5. The Balaban J connectivity index is 2.58. The van der Waals surface area contributed by atoms with Gasteiger partial charge in [0, 0.05) is 13.1 Å². The summed E-state index contributed by atoms with van der Waals surface area (Å²) in [6.45, 7) is 6.31. The molecule has 102 valence electrons. The van der Waals surface area contributed by atoms with E-state index in [1.54, 1.807) is 4.90 Å². The number of hydrogen-bond donors (Lipinski definition) is 1. The second kappa shape index (κ2) is 5.70. The monoisotopic (exact) mass is 269 g/mol. The maximum absolute atomic E-state index is 11.9. The van der Waals surface area contributed by atoms with Gasteiger partial charge in [-0.05, 0) is 44.9 Å². The lowest BCUT2D eigenvalue weighted by Gasteiger charge is -2.49. The van der Waals surface area contributed by atoms with Crippen molar-refractivity contribution in [2.45, 2.75) is 49.8 Å². The summed E-state index contributed by atoms with van der Waals surface area (Å²) in [5.41, 5.74) is -0.534. The molecule has 1 aliphatic rings. The number of carbonyl (C=O) groups is 1. The van der Waals surface area contributed by atoms with Gasteiger partial charge in [-0.3, -0.25) is 0 Å². The Morgan fingerprint density at radius 3 is 1.95 bits per heavy atom. The highest BCUT2D eigenvalue weighted by Gasteiger charge is 2.41. The zero-order valence-corrected chi connectivity index (χ0v) is 12.4. The first-order valence-corrected chi connectivity index (χ1v) is 6.70. The minimum Gasteiger partial charge on any atom is -0.444 e. The number of rotatable bonds is 2. The molecule has 0 aromatic rings. The van der Waals surface area contributed by atoms with Crippen molar-refractivity contribution in [1.29, 1.82) is 0 Å². The van der Waals surface area contributed by atoms with Crippen LogP contribution in [0.1, 0.15) is 33.6 Å². The van der Waals surface area contributed by atoms with Crippen molar-refractivity contribution in [3.63, 3.8) is 0 Å². The smallest absolute Gasteiger partial charge is 0.410 e. The number of likely N-dealkylation sites (tertiary alicyclic amines) is 1. The molecule has 0 saturated carbocycles. The number of carbonyl (C=O) groups excluding carboxylic acids is 1. The van der Waals surface area contributed by atoms with E-state index in [9.17, 15) is 9.90 Å². The Kier molecular flexibility index (Phi) is 5.00. The molecule has 1 heterocycles. The quantitative estimate of drug-likeness (QED) is 0.721. The molecule has 1 N–H and O–H groups in total. The molecule has 1 aliphatic heterocycles. The zero-order chi connectivity index (χ0) is 15.8. The van der Waals surface area contributed by atoms with Crippen LogP contribution >= 0.6 is 0 Å². The predicted octanol–water partition coefficient (Wildman–Crippen LogP) is 0.0698. The van der Waals surface area contributed by atoms with Gasteiger partial charge in [-0.15, -0.1) is 0 Å². The first kappa shape index (κ1) is 17.5. The summed E-state index contributed by atoms with van der Waals surface area (Å²) in [5.74, 6) is -0.277. The molecule has 1 saturated heterocycles. The average molecular weight is 269 g/mol. The highest BCUT2D eigenvalue weighted by molar-refractivity contribution is 6.53. The molecule has 1 amide bonds. The summed E-state index contributed by atoms with van der Waals surface area (Å²) < 4.78 is 5.29. The molecule has 20 heavy (non-hydrogen) atoms. The third-order valence-corrected chi connectivity index (χ3v) is 3.52. The molecule has 1 rings (SSSR count). The third kappa shape index (κ3) is 4.24. The minimum atomic E-state index is -2.16. The number of ether oxygens (including phenoxy) is 1. The fraction of sp³-hybridized carbons (Fsp3) is 0.917. The number of hydrogen-bond acceptors (Lipinski definition) is 3. The first-order valence-electron chi connectivity index (χ1n) is 6.70. The lowest BCUT2D eigenvalue weighted by molar-refractivity contribution is 0.0157. The molecule has 4 nitrogen and oxygen atoms in total. The van der Waals surface area contributed by atoms with Crippen LogP contribution in [-0.2, 0) is 4.74 Å². The van der Waals surface area contributed by atoms with Crippen molar-refractivity contribution in [2.24, 2.45) is 5.92 Å². The van der Waals surface area contributed by atoms with E-state index in [1.807, 2.05) is 20.8 Å². The number of amides is 1. The van der Waals surface area contributed by atoms with E-state index < -0.39 is 16.2 Å². The molecule has 0 unspecified atom stereocenters. The maximum atomic E-state index is 11.9. The van der Waals surface area contributed by atoms with Crippen LogP contribution in [0.15, 0.2) is 0 Å². The minimum absolute atomic E-state index is 0.277. The Morgan fingerprint density at radius 2 is 1.60 bits per heavy atom. The van der Waals surface area contributed by atoms with E-state index in [1.165, 1.54) is 0 Å². The summed E-state index contributed by atoms with van der Waals surface area (Å²) in [6.07, 6.45) is 0.637. The van der Waals surface area contributed by atoms with Gasteiger partial charge in [-0.25, -0.2) is 4.79 Å². The molecule has 8 radical (unpaired) electrons. The lowest BCUT2D eigenvalue weighted by atomic mass is 9.31. The van der Waals surface area contributed by atoms with Crippen molar-refractivity contribution in [3.05, 3.63) is 0 Å². The maximum Gasteiger partial charge on any atom is 0.410 e. The summed E-state index contributed by atoms with van der Waals surface area (Å²) in [5, 5.41) is 5.86. The van der Waals surface area contributed by atoms with Crippen LogP contribution in [0.3, 0.4) is 0 Å². The zero-order valence-electron chi connectivity index (χ0n) is 12.4. The van der Waals surface area contributed by atoms with Gasteiger partial charge in [0.05, 0.1) is 31.4 Å². The van der Waals surface area contributed by atoms with Crippen molar-refractivity contribution in [2.75, 3.05) is 13.1 Å². The molecular formula is C12H19B4NO3. The van der Waals surface area contributed by atoms with E-state index in [0.717, 1.165) is 0 Å². The van der Waals surface area contributed by atoms with Crippen LogP contribution in [0.2, 0.25) is 5.21 Å². The number of nitrogens with zero attached hydrogens (tertiary/aromatic N) is 1. The standard InChI is InChI=1S/C12H19B4NO3/c1-10(2,3)20-9(18)17-6-4-8(5-7-17)11(13,14)12(15,16)19/h8,19H,4-7H2,1-3H3. The van der Waals surface area contributed by atoms with Crippen LogP contribution in [0.4, 0.5) is 4.79 Å². The normalized spacial score (nSPS) is 18.9. The van der Waals surface area contributed by atoms with Crippen LogP contribution in [0.5, 0.6) is 0 Å². The summed E-state index contributed by atoms with van der Waals surface area (Å²) >= 11 is 0. The molecule has 0 bridgehead atoms. The van der Waals surface area contributed by atoms with E-state index in [4.69, 9.17) is 36.1 Å². The molecular weight excluding hydrogens is 249 g/mol. The van der Waals surface area contributed by atoms with Crippen LogP contribution in [0.25, 0.3) is 0 Å². The summed E-state index contributed by atoms with van der Waals surface area (Å²) in [7, 11) is 22.5. The van der Waals surface area contributed by atoms with E-state index in [2.05, 4.69) is 0 Å². The second-order valence-electron chi connectivity index (χ2n) is 6.50. The number of piperidine rings is 1. The van der Waals surface area contributed by atoms with Gasteiger partial charge in [0.25, 0.3) is 0 Å². The highest BCUT2D eigenvalue weighted by Crippen LogP contribution is 2.42. The topological polar surface area (TPSA) is 49.8 Å². The molecule has 8 heteroatoms. The Hall–Kier alpha value is -0.510. The van der Waals surface area contributed by atoms with Gasteiger partial charge in [0.2, 0.25) is 0 Å². The Bertz CT molecular complexity index is 355. The SMILES string of the molecule is [B]C([B])(O)C([B])([B])C1CCN(C(=O)OC(C)(C)C)CC1. The first-order chi connectivity index (χ1) is 8.84. The highest BCUT2D eigenvalue weighted by atomic mass is 16.6. The molecule has 0 aromatic carbocycles. The van der Waals surface area contributed by atoms with Crippen LogP contribution < -0.4 is 0 Å². The van der Waals surface area contributed by atoms with Gasteiger partial charge in [0.1, 0.15) is 5.60 Å². The fourth-order valence-corrected chi connectivity index (χ4v) is 2.19. The van der Waals surface area contributed by atoms with Gasteiger partial charge in [-0.1, -0.05) is 5.21 Å². The van der Waals surface area contributed by atoms with Crippen molar-refractivity contribution in [1.82, 2.24) is 4.90 Å². The van der Waals surface area contributed by atoms with Crippen LogP contribution in [-0.4, -0.2) is 71.6 Å². The summed E-state index contributed by atoms with van der Waals surface area (Å²) in [6, 6.07) is 0. The lowest BCUT2D eigenvalue weighted by Crippen LogP contribution is -2.52. The van der Waals surface area contributed by atoms with Crippen molar-refractivity contribution >= 4 is 37.5 Å². The predicted molar refractivity (Wildman–Crippen MR) is 81.2 cm³/mol. The molecule has 0 aliphatic carbocycles. The Morgan fingerprint density at radius 1 is 1.15 bits per heavy atom. The molecule has 0 atom stereocenters. The van der Waals surface area contributed by atoms with Crippen molar-refractivity contribution in [3.8, 4) is 0 Å². The van der Waals surface area contributed by atoms with E-state index in [0.29, 0.717) is 25.9 Å². The van der Waals surface area contributed by atoms with E-state index in [-0.39, 0.29) is 12.0 Å². The van der Waals surface area contributed by atoms with Crippen LogP contribution in [0, 0.1) is 5.92 Å². The number of aliphatic hydroxyl groups is 1. The fourth-order valence-electron chi connectivity index (χ4n) is 2.19. The van der Waals surface area contributed by atoms with Gasteiger partial charge in [0.15, 0.2) is 0 Å². The van der Waals surface area contributed by atoms with Gasteiger partial charge >= 0.3 is 6.09 Å². The molecule has 1 fully saturated rings. The van der Waals surface area contributed by atoms with Gasteiger partial charge < -0.3 is 14.7 Å². The Labute approximate surface area is 126 Å².